The molecule has 1 fully saturated rings. The van der Waals surface area contributed by atoms with Gasteiger partial charge in [0.15, 0.2) is 5.78 Å². The molecule has 0 aromatic carbocycles. The topological polar surface area (TPSA) is 133 Å². The minimum Gasteiger partial charge on any atom is -0.512 e. The van der Waals surface area contributed by atoms with Gasteiger partial charge in [0.1, 0.15) is 5.76 Å². The molecule has 0 saturated carbocycles. The highest BCUT2D eigenvalue weighted by atomic mass is 16.3. The summed E-state index contributed by atoms with van der Waals surface area (Å²) in [6.45, 7) is 0. The molecule has 90 valence electrons. The van der Waals surface area contributed by atoms with Crippen molar-refractivity contribution in [2.24, 2.45) is 0 Å². The molecule has 8 heteroatoms. The molecule has 0 unspecified atom stereocenters. The number of urea groups is 1. The van der Waals surface area contributed by atoms with Crippen molar-refractivity contribution in [1.82, 2.24) is 10.6 Å². The van der Waals surface area contributed by atoms with E-state index in [2.05, 4.69) is 0 Å². The second-order valence-electron chi connectivity index (χ2n) is 3.69. The van der Waals surface area contributed by atoms with E-state index in [4.69, 9.17) is 0 Å². The van der Waals surface area contributed by atoms with Crippen LogP contribution in [0.25, 0.3) is 0 Å². The zero-order chi connectivity index (χ0) is 12.8. The number of hydrogen-bond donors (Lipinski definition) is 4. The molecule has 1 aliphatic carbocycles. The van der Waals surface area contributed by atoms with Crippen molar-refractivity contribution in [3.8, 4) is 0 Å². The summed E-state index contributed by atoms with van der Waals surface area (Å²) in [5.41, 5.74) is -3.51. The van der Waals surface area contributed by atoms with Gasteiger partial charge in [-0.2, -0.15) is 0 Å². The molecule has 2 rings (SSSR count). The van der Waals surface area contributed by atoms with Crippen molar-refractivity contribution in [3.05, 3.63) is 11.3 Å². The zero-order valence-electron chi connectivity index (χ0n) is 8.44. The molecule has 4 N–H and O–H groups in total. The van der Waals surface area contributed by atoms with Crippen molar-refractivity contribution in [2.75, 3.05) is 0 Å². The molecule has 0 aromatic rings. The number of imide groups is 2. The van der Waals surface area contributed by atoms with E-state index in [-0.39, 0.29) is 12.8 Å². The van der Waals surface area contributed by atoms with Gasteiger partial charge in [-0.15, -0.1) is 0 Å². The maximum atomic E-state index is 11.5. The van der Waals surface area contributed by atoms with E-state index in [0.29, 0.717) is 0 Å². The lowest BCUT2D eigenvalue weighted by Crippen LogP contribution is -2.68. The number of aliphatic hydroxyl groups excluding tert-OH is 1. The molecule has 2 aliphatic rings. The smallest absolute Gasteiger partial charge is 0.328 e. The molecule has 1 saturated heterocycles. The van der Waals surface area contributed by atoms with Crippen LogP contribution in [0.4, 0.5) is 4.79 Å². The number of barbiturate groups is 1. The van der Waals surface area contributed by atoms with Crippen molar-refractivity contribution in [2.45, 2.75) is 18.4 Å². The Balaban J connectivity index is 2.52. The van der Waals surface area contributed by atoms with Crippen LogP contribution in [-0.4, -0.2) is 39.4 Å². The summed E-state index contributed by atoms with van der Waals surface area (Å²) in [5, 5.41) is 22.7. The van der Waals surface area contributed by atoms with Gasteiger partial charge in [0.05, 0.1) is 5.57 Å². The highest BCUT2D eigenvalue weighted by Gasteiger charge is 2.56. The molecule has 0 bridgehead atoms. The van der Waals surface area contributed by atoms with Crippen molar-refractivity contribution < 1.29 is 29.4 Å². The standard InChI is InChI=1S/C9H8N2O6/c12-3-1-2-4(13)5(3)9(17)6(14)10-8(16)11-7(9)15/h12,17H,1-2H2,(H2,10,11,14,15,16). The fraction of sp³-hybridized carbons (Fsp3) is 0.333. The largest absolute Gasteiger partial charge is 0.512 e. The SMILES string of the molecule is O=C1NC(=O)C(O)(C2=C(O)CCC2=O)C(=O)N1. The van der Waals surface area contributed by atoms with E-state index in [9.17, 15) is 29.4 Å². The summed E-state index contributed by atoms with van der Waals surface area (Å²) in [7, 11) is 0. The van der Waals surface area contributed by atoms with Crippen LogP contribution in [0, 0.1) is 0 Å². The highest BCUT2D eigenvalue weighted by Crippen LogP contribution is 2.31. The third-order valence-corrected chi connectivity index (χ3v) is 2.63. The lowest BCUT2D eigenvalue weighted by atomic mass is 9.88. The van der Waals surface area contributed by atoms with Crippen LogP contribution in [0.1, 0.15) is 12.8 Å². The lowest BCUT2D eigenvalue weighted by molar-refractivity contribution is -0.152. The first-order valence-electron chi connectivity index (χ1n) is 4.72. The second-order valence-corrected chi connectivity index (χ2v) is 3.69. The maximum Gasteiger partial charge on any atom is 0.328 e. The van der Waals surface area contributed by atoms with Gasteiger partial charge >= 0.3 is 6.03 Å². The van der Waals surface area contributed by atoms with Gasteiger partial charge in [-0.3, -0.25) is 25.0 Å². The van der Waals surface area contributed by atoms with E-state index in [0.717, 1.165) is 0 Å². The van der Waals surface area contributed by atoms with Gasteiger partial charge in [-0.1, -0.05) is 0 Å². The van der Waals surface area contributed by atoms with Gasteiger partial charge < -0.3 is 10.2 Å². The molecule has 17 heavy (non-hydrogen) atoms. The van der Waals surface area contributed by atoms with Gasteiger partial charge in [0.2, 0.25) is 0 Å². The third-order valence-electron chi connectivity index (χ3n) is 2.63. The average molecular weight is 240 g/mol. The number of allylic oxidation sites excluding steroid dienone is 1. The first kappa shape index (κ1) is 11.3. The quantitative estimate of drug-likeness (QED) is 0.402. The molecule has 0 aromatic heterocycles. The summed E-state index contributed by atoms with van der Waals surface area (Å²) in [6, 6.07) is -1.09. The monoisotopic (exact) mass is 240 g/mol. The minimum absolute atomic E-state index is 0.0506. The molecular weight excluding hydrogens is 232 g/mol. The Bertz CT molecular complexity index is 472. The number of rotatable bonds is 1. The molecule has 8 nitrogen and oxygen atoms in total. The number of hydrogen-bond acceptors (Lipinski definition) is 6. The maximum absolute atomic E-state index is 11.5. The fourth-order valence-electron chi connectivity index (χ4n) is 1.80. The molecule has 1 heterocycles. The first-order valence-corrected chi connectivity index (χ1v) is 4.72. The van der Waals surface area contributed by atoms with Crippen LogP contribution in [0.2, 0.25) is 0 Å². The second kappa shape index (κ2) is 3.39. The average Bonchev–Trinajstić information content (AvgIpc) is 2.55. The van der Waals surface area contributed by atoms with E-state index in [1.807, 2.05) is 0 Å². The van der Waals surface area contributed by atoms with Gasteiger partial charge in [-0.05, 0) is 0 Å². The summed E-state index contributed by atoms with van der Waals surface area (Å²) in [6.07, 6.45) is -0.150. The van der Waals surface area contributed by atoms with Crippen LogP contribution >= 0.6 is 0 Å². The molecule has 0 radical (unpaired) electrons. The van der Waals surface area contributed by atoms with Gasteiger partial charge in [0, 0.05) is 12.8 Å². The van der Waals surface area contributed by atoms with Crippen LogP contribution in [0.5, 0.6) is 0 Å². The first-order chi connectivity index (χ1) is 7.87. The predicted octanol–water partition coefficient (Wildman–Crippen LogP) is -1.74. The highest BCUT2D eigenvalue weighted by molar-refractivity contribution is 6.27. The molecule has 0 atom stereocenters. The van der Waals surface area contributed by atoms with Gasteiger partial charge in [-0.25, -0.2) is 4.79 Å². The van der Waals surface area contributed by atoms with Crippen LogP contribution in [-0.2, 0) is 14.4 Å². The summed E-state index contributed by atoms with van der Waals surface area (Å²) in [4.78, 5) is 45.2. The van der Waals surface area contributed by atoms with Gasteiger partial charge in [0.25, 0.3) is 17.4 Å². The molecule has 4 amide bonds. The Labute approximate surface area is 94.3 Å². The van der Waals surface area contributed by atoms with Crippen LogP contribution in [0.15, 0.2) is 11.3 Å². The van der Waals surface area contributed by atoms with Crippen LogP contribution < -0.4 is 10.6 Å². The Kier molecular flexibility index (Phi) is 2.25. The number of Topliss-reactive ketones (excluding diaryl/α,β-unsaturated/α-hetero) is 1. The summed E-state index contributed by atoms with van der Waals surface area (Å²) >= 11 is 0. The van der Waals surface area contributed by atoms with E-state index in [1.54, 1.807) is 10.6 Å². The number of amides is 4. The zero-order valence-corrected chi connectivity index (χ0v) is 8.44. The number of nitrogens with one attached hydrogen (secondary N) is 2. The van der Waals surface area contributed by atoms with Crippen LogP contribution in [0.3, 0.4) is 0 Å². The van der Waals surface area contributed by atoms with Crippen molar-refractivity contribution in [1.29, 1.82) is 0 Å². The van der Waals surface area contributed by atoms with Crippen molar-refractivity contribution >= 4 is 23.6 Å². The van der Waals surface area contributed by atoms with E-state index < -0.39 is 40.6 Å². The Hall–Kier alpha value is -2.22. The Morgan fingerprint density at radius 3 is 1.94 bits per heavy atom. The molecule has 1 aliphatic heterocycles. The normalized spacial score (nSPS) is 23.8. The number of carbonyl (C=O) groups excluding carboxylic acids is 4. The summed E-state index contributed by atoms with van der Waals surface area (Å²) < 4.78 is 0. The number of carbonyl (C=O) groups is 4. The van der Waals surface area contributed by atoms with Crippen molar-refractivity contribution in [3.63, 3.8) is 0 Å². The molecular formula is C9H8N2O6. The summed E-state index contributed by atoms with van der Waals surface area (Å²) in [5.74, 6) is -3.91. The third kappa shape index (κ3) is 1.41. The minimum atomic E-state index is -2.84. The Morgan fingerprint density at radius 2 is 1.53 bits per heavy atom. The lowest BCUT2D eigenvalue weighted by Gasteiger charge is -2.29. The number of aliphatic hydroxyl groups is 2. The number of ketones is 1. The van der Waals surface area contributed by atoms with E-state index in [1.165, 1.54) is 0 Å². The fourth-order valence-corrected chi connectivity index (χ4v) is 1.80. The Morgan fingerprint density at radius 1 is 1.00 bits per heavy atom. The molecule has 0 spiro atoms. The predicted molar refractivity (Wildman–Crippen MR) is 50.5 cm³/mol. The van der Waals surface area contributed by atoms with E-state index >= 15 is 0 Å².